The number of hydrogen-bond acceptors (Lipinski definition) is 2. The predicted molar refractivity (Wildman–Crippen MR) is 78.6 cm³/mol. The lowest BCUT2D eigenvalue weighted by atomic mass is 9.93. The van der Waals surface area contributed by atoms with E-state index in [1.165, 1.54) is 22.3 Å². The van der Waals surface area contributed by atoms with Crippen molar-refractivity contribution >= 4 is 5.97 Å². The summed E-state index contributed by atoms with van der Waals surface area (Å²) in [6.45, 7) is 11.2. The van der Waals surface area contributed by atoms with Crippen molar-refractivity contribution in [2.45, 2.75) is 41.0 Å². The van der Waals surface area contributed by atoms with Crippen LogP contribution < -0.4 is 5.32 Å². The Morgan fingerprint density at radius 1 is 1.21 bits per heavy atom. The van der Waals surface area contributed by atoms with E-state index in [4.69, 9.17) is 5.11 Å². The Hall–Kier alpha value is -1.35. The Bertz CT molecular complexity index is 464. The number of benzene rings is 1. The standard InChI is InChI=1S/C16H25NO2/c1-11-6-7-14(13(3)12(11)2)8-9-17-10-16(4,5)15(18)19/h6-7,17H,8-10H2,1-5H3,(H,18,19). The van der Waals surface area contributed by atoms with Crippen LogP contribution in [0.1, 0.15) is 36.1 Å². The Morgan fingerprint density at radius 3 is 2.42 bits per heavy atom. The van der Waals surface area contributed by atoms with Crippen LogP contribution in [0.15, 0.2) is 12.1 Å². The fourth-order valence-electron chi connectivity index (χ4n) is 1.98. The average Bonchev–Trinajstić information content (AvgIpc) is 2.34. The monoisotopic (exact) mass is 263 g/mol. The molecule has 0 saturated carbocycles. The van der Waals surface area contributed by atoms with E-state index in [0.717, 1.165) is 13.0 Å². The van der Waals surface area contributed by atoms with Crippen LogP contribution in [0.2, 0.25) is 0 Å². The van der Waals surface area contributed by atoms with Gasteiger partial charge in [0.25, 0.3) is 0 Å². The second-order valence-corrected chi connectivity index (χ2v) is 5.91. The smallest absolute Gasteiger partial charge is 0.310 e. The molecule has 0 amide bonds. The van der Waals surface area contributed by atoms with Gasteiger partial charge in [0.2, 0.25) is 0 Å². The molecule has 3 nitrogen and oxygen atoms in total. The van der Waals surface area contributed by atoms with E-state index >= 15 is 0 Å². The second kappa shape index (κ2) is 6.20. The number of aryl methyl sites for hydroxylation is 1. The van der Waals surface area contributed by atoms with E-state index in [1.54, 1.807) is 13.8 Å². The molecule has 19 heavy (non-hydrogen) atoms. The van der Waals surface area contributed by atoms with Crippen LogP contribution >= 0.6 is 0 Å². The van der Waals surface area contributed by atoms with Gasteiger partial charge < -0.3 is 10.4 Å². The average molecular weight is 263 g/mol. The first-order valence-electron chi connectivity index (χ1n) is 6.75. The van der Waals surface area contributed by atoms with Crippen LogP contribution in [0.25, 0.3) is 0 Å². The minimum absolute atomic E-state index is 0.492. The van der Waals surface area contributed by atoms with Gasteiger partial charge in [0.1, 0.15) is 0 Å². The maximum atomic E-state index is 11.0. The van der Waals surface area contributed by atoms with Gasteiger partial charge in [-0.3, -0.25) is 4.79 Å². The summed E-state index contributed by atoms with van der Waals surface area (Å²) in [5.74, 6) is -0.762. The minimum atomic E-state index is -0.762. The molecule has 1 aromatic carbocycles. The van der Waals surface area contributed by atoms with E-state index in [0.29, 0.717) is 6.54 Å². The van der Waals surface area contributed by atoms with Crippen LogP contribution in [0.4, 0.5) is 0 Å². The number of nitrogens with one attached hydrogen (secondary N) is 1. The Morgan fingerprint density at radius 2 is 1.84 bits per heavy atom. The molecule has 0 aromatic heterocycles. The van der Waals surface area contributed by atoms with Gasteiger partial charge in [-0.15, -0.1) is 0 Å². The molecule has 3 heteroatoms. The van der Waals surface area contributed by atoms with Gasteiger partial charge >= 0.3 is 5.97 Å². The van der Waals surface area contributed by atoms with Crippen molar-refractivity contribution in [2.24, 2.45) is 5.41 Å². The zero-order valence-electron chi connectivity index (χ0n) is 12.6. The summed E-state index contributed by atoms with van der Waals surface area (Å²) in [7, 11) is 0. The Labute approximate surface area is 116 Å². The molecule has 1 aromatic rings. The minimum Gasteiger partial charge on any atom is -0.481 e. The van der Waals surface area contributed by atoms with Gasteiger partial charge in [-0.25, -0.2) is 0 Å². The molecule has 0 atom stereocenters. The molecular weight excluding hydrogens is 238 g/mol. The number of hydrogen-bond donors (Lipinski definition) is 2. The summed E-state index contributed by atoms with van der Waals surface area (Å²) in [6.07, 6.45) is 0.933. The molecule has 0 spiro atoms. The highest BCUT2D eigenvalue weighted by Crippen LogP contribution is 2.17. The fraction of sp³-hybridized carbons (Fsp3) is 0.562. The van der Waals surface area contributed by atoms with Gasteiger partial charge in [-0.05, 0) is 69.8 Å². The molecule has 0 bridgehead atoms. The van der Waals surface area contributed by atoms with Crippen molar-refractivity contribution in [3.05, 3.63) is 34.4 Å². The summed E-state index contributed by atoms with van der Waals surface area (Å²) in [6, 6.07) is 4.32. The molecular formula is C16H25NO2. The van der Waals surface area contributed by atoms with Crippen molar-refractivity contribution in [1.29, 1.82) is 0 Å². The van der Waals surface area contributed by atoms with E-state index in [-0.39, 0.29) is 0 Å². The zero-order valence-corrected chi connectivity index (χ0v) is 12.6. The Kier molecular flexibility index (Phi) is 5.12. The topological polar surface area (TPSA) is 49.3 Å². The van der Waals surface area contributed by atoms with Gasteiger partial charge in [0, 0.05) is 6.54 Å². The van der Waals surface area contributed by atoms with Crippen LogP contribution in [-0.2, 0) is 11.2 Å². The van der Waals surface area contributed by atoms with Crippen molar-refractivity contribution in [2.75, 3.05) is 13.1 Å². The normalized spacial score (nSPS) is 11.6. The van der Waals surface area contributed by atoms with Crippen molar-refractivity contribution in [1.82, 2.24) is 5.32 Å². The predicted octanol–water partition coefficient (Wildman–Crippen LogP) is 2.85. The van der Waals surface area contributed by atoms with E-state index in [2.05, 4.69) is 38.2 Å². The van der Waals surface area contributed by atoms with E-state index in [9.17, 15) is 4.79 Å². The summed E-state index contributed by atoms with van der Waals surface area (Å²) < 4.78 is 0. The Balaban J connectivity index is 2.51. The molecule has 1 rings (SSSR count). The van der Waals surface area contributed by atoms with Crippen LogP contribution in [-0.4, -0.2) is 24.2 Å². The summed E-state index contributed by atoms with van der Waals surface area (Å²) in [4.78, 5) is 11.0. The first-order valence-corrected chi connectivity index (χ1v) is 6.75. The SMILES string of the molecule is Cc1ccc(CCNCC(C)(C)C(=O)O)c(C)c1C. The number of aliphatic carboxylic acids is 1. The molecule has 0 aliphatic rings. The highest BCUT2D eigenvalue weighted by molar-refractivity contribution is 5.73. The fourth-order valence-corrected chi connectivity index (χ4v) is 1.98. The quantitative estimate of drug-likeness (QED) is 0.776. The van der Waals surface area contributed by atoms with Crippen LogP contribution in [0.5, 0.6) is 0 Å². The maximum absolute atomic E-state index is 11.0. The third kappa shape index (κ3) is 4.06. The maximum Gasteiger partial charge on any atom is 0.310 e. The number of carboxylic acid groups (broad SMARTS) is 1. The van der Waals surface area contributed by atoms with Crippen molar-refractivity contribution < 1.29 is 9.90 Å². The molecule has 0 saturated heterocycles. The summed E-state index contributed by atoms with van der Waals surface area (Å²) in [5, 5.41) is 12.3. The molecule has 0 unspecified atom stereocenters. The number of carboxylic acids is 1. The van der Waals surface area contributed by atoms with Gasteiger partial charge in [-0.1, -0.05) is 12.1 Å². The van der Waals surface area contributed by atoms with Gasteiger partial charge in [0.05, 0.1) is 5.41 Å². The molecule has 0 heterocycles. The van der Waals surface area contributed by atoms with E-state index in [1.807, 2.05) is 0 Å². The van der Waals surface area contributed by atoms with Crippen molar-refractivity contribution in [3.8, 4) is 0 Å². The number of carbonyl (C=O) groups is 1. The molecule has 0 fully saturated rings. The molecule has 106 valence electrons. The zero-order chi connectivity index (χ0) is 14.6. The first-order chi connectivity index (χ1) is 8.75. The summed E-state index contributed by atoms with van der Waals surface area (Å²) in [5.41, 5.74) is 4.64. The lowest BCUT2D eigenvalue weighted by Gasteiger charge is -2.20. The van der Waals surface area contributed by atoms with Gasteiger partial charge in [0.15, 0.2) is 0 Å². The molecule has 0 aliphatic carbocycles. The first kappa shape index (κ1) is 15.7. The summed E-state index contributed by atoms with van der Waals surface area (Å²) >= 11 is 0. The van der Waals surface area contributed by atoms with Crippen molar-refractivity contribution in [3.63, 3.8) is 0 Å². The lowest BCUT2D eigenvalue weighted by Crippen LogP contribution is -2.36. The second-order valence-electron chi connectivity index (χ2n) is 5.91. The molecule has 0 radical (unpaired) electrons. The highest BCUT2D eigenvalue weighted by Gasteiger charge is 2.26. The van der Waals surface area contributed by atoms with Gasteiger partial charge in [-0.2, -0.15) is 0 Å². The molecule has 0 aliphatic heterocycles. The molecule has 2 N–H and O–H groups in total. The number of rotatable bonds is 6. The van der Waals surface area contributed by atoms with E-state index < -0.39 is 11.4 Å². The van der Waals surface area contributed by atoms with Crippen LogP contribution in [0, 0.1) is 26.2 Å². The van der Waals surface area contributed by atoms with Crippen LogP contribution in [0.3, 0.4) is 0 Å². The lowest BCUT2D eigenvalue weighted by molar-refractivity contribution is -0.146. The third-order valence-electron chi connectivity index (χ3n) is 3.89. The highest BCUT2D eigenvalue weighted by atomic mass is 16.4. The third-order valence-corrected chi connectivity index (χ3v) is 3.89. The largest absolute Gasteiger partial charge is 0.481 e.